The lowest BCUT2D eigenvalue weighted by molar-refractivity contribution is 0.248. The number of rotatable bonds is 6. The minimum absolute atomic E-state index is 0.416. The van der Waals surface area contributed by atoms with E-state index in [9.17, 15) is 9.46 Å². The molecule has 3 aliphatic carbocycles. The highest BCUT2D eigenvalue weighted by molar-refractivity contribution is 7.52. The third-order valence-corrected chi connectivity index (χ3v) is 7.68. The van der Waals surface area contributed by atoms with E-state index >= 15 is 0 Å². The molecule has 3 aliphatic rings. The summed E-state index contributed by atoms with van der Waals surface area (Å²) in [7, 11) is -1.83. The lowest BCUT2D eigenvalue weighted by atomic mass is 9.57. The van der Waals surface area contributed by atoms with Crippen LogP contribution >= 0.6 is 7.60 Å². The zero-order chi connectivity index (χ0) is 21.3. The van der Waals surface area contributed by atoms with Gasteiger partial charge in [-0.2, -0.15) is 0 Å². The first-order valence-electron chi connectivity index (χ1n) is 11.5. The minimum atomic E-state index is -3.60. The van der Waals surface area contributed by atoms with Crippen molar-refractivity contribution in [3.05, 3.63) is 46.5 Å². The van der Waals surface area contributed by atoms with Crippen molar-refractivity contribution in [2.45, 2.75) is 64.7 Å². The average Bonchev–Trinajstić information content (AvgIpc) is 2.71. The third-order valence-electron chi connectivity index (χ3n) is 7.13. The van der Waals surface area contributed by atoms with Gasteiger partial charge in [0.05, 0.1) is 7.11 Å². The first-order valence-corrected chi connectivity index (χ1v) is 13.6. The molecule has 0 saturated heterocycles. The maximum atomic E-state index is 11.8. The van der Waals surface area contributed by atoms with Gasteiger partial charge in [0, 0.05) is 18.1 Å². The van der Waals surface area contributed by atoms with Crippen LogP contribution in [0.3, 0.4) is 0 Å². The van der Waals surface area contributed by atoms with Crippen molar-refractivity contribution in [3.8, 4) is 5.75 Å². The Hall–Kier alpha value is -1.51. The number of benzene rings is 1. The number of hydrogen-bond donors (Lipinski definition) is 1. The van der Waals surface area contributed by atoms with Gasteiger partial charge in [0.1, 0.15) is 11.5 Å². The van der Waals surface area contributed by atoms with Crippen molar-refractivity contribution in [3.63, 3.8) is 0 Å². The molecule has 164 valence electrons. The molecule has 1 N–H and O–H groups in total. The van der Waals surface area contributed by atoms with Crippen LogP contribution in [0.4, 0.5) is 0 Å². The van der Waals surface area contributed by atoms with Crippen molar-refractivity contribution in [1.82, 2.24) is 0 Å². The van der Waals surface area contributed by atoms with Gasteiger partial charge >= 0.3 is 7.60 Å². The van der Waals surface area contributed by atoms with Crippen molar-refractivity contribution in [1.29, 1.82) is 0 Å². The minimum Gasteiger partial charge on any atom is -0.496 e. The van der Waals surface area contributed by atoms with Crippen LogP contribution in [0.5, 0.6) is 5.75 Å². The lowest BCUT2D eigenvalue weighted by Crippen LogP contribution is -2.36. The van der Waals surface area contributed by atoms with Crippen molar-refractivity contribution < 1.29 is 18.7 Å². The molecule has 4 atom stereocenters. The molecule has 0 amide bonds. The first kappa shape index (κ1) is 21.7. The maximum Gasteiger partial charge on any atom is 0.373 e. The van der Waals surface area contributed by atoms with E-state index in [1.807, 2.05) is 18.2 Å². The molecule has 1 aromatic rings. The van der Waals surface area contributed by atoms with Crippen molar-refractivity contribution in [2.75, 3.05) is 13.8 Å². The fourth-order valence-corrected chi connectivity index (χ4v) is 6.72. The summed E-state index contributed by atoms with van der Waals surface area (Å²) in [6.07, 6.45) is 11.4. The largest absolute Gasteiger partial charge is 0.496 e. The molecule has 4 rings (SSSR count). The third kappa shape index (κ3) is 4.27. The van der Waals surface area contributed by atoms with Crippen LogP contribution in [0.2, 0.25) is 0 Å². The van der Waals surface area contributed by atoms with Crippen LogP contribution < -0.4 is 4.52 Å². The zero-order valence-corrected chi connectivity index (χ0v) is 19.4. The topological polar surface area (TPSA) is 55.8 Å². The molecule has 0 radical (unpaired) electrons. The lowest BCUT2D eigenvalue weighted by Gasteiger charge is -2.48. The van der Waals surface area contributed by atoms with Crippen molar-refractivity contribution in [2.24, 2.45) is 17.8 Å². The van der Waals surface area contributed by atoms with Crippen LogP contribution in [0.15, 0.2) is 41.0 Å². The van der Waals surface area contributed by atoms with E-state index in [4.69, 9.17) is 9.26 Å². The predicted molar refractivity (Wildman–Crippen MR) is 121 cm³/mol. The standard InChI is InChI=1S/C25H35O4P/c1-4-9-19-20-12-5-6-13-21(20)23-15-8-14-22(19)24(23)25(28-2)17-10-7-11-18(16-17)29-30(3,26)27/h7,10-11,16,19,22-23H,4-6,8-9,12-15H2,1-3H3,(H,26,27). The summed E-state index contributed by atoms with van der Waals surface area (Å²) in [5.41, 5.74) is 5.91. The second-order valence-corrected chi connectivity index (χ2v) is 10.9. The van der Waals surface area contributed by atoms with Crippen LogP contribution in [0, 0.1) is 17.8 Å². The first-order chi connectivity index (χ1) is 14.4. The summed E-state index contributed by atoms with van der Waals surface area (Å²) < 4.78 is 23.1. The Labute approximate surface area is 180 Å². The zero-order valence-electron chi connectivity index (χ0n) is 18.5. The molecular formula is C25H35O4P. The summed E-state index contributed by atoms with van der Waals surface area (Å²) in [5, 5.41) is 0. The molecule has 0 aromatic heterocycles. The van der Waals surface area contributed by atoms with Crippen LogP contribution in [0.1, 0.15) is 70.3 Å². The van der Waals surface area contributed by atoms with Crippen LogP contribution in [-0.2, 0) is 9.30 Å². The molecule has 1 fully saturated rings. The number of methoxy groups -OCH3 is 1. The predicted octanol–water partition coefficient (Wildman–Crippen LogP) is 6.95. The molecular weight excluding hydrogens is 395 g/mol. The van der Waals surface area contributed by atoms with E-state index in [1.54, 1.807) is 24.3 Å². The van der Waals surface area contributed by atoms with E-state index in [2.05, 4.69) is 6.92 Å². The smallest absolute Gasteiger partial charge is 0.373 e. The van der Waals surface area contributed by atoms with E-state index in [-0.39, 0.29) is 0 Å². The Balaban J connectivity index is 1.83. The summed E-state index contributed by atoms with van der Waals surface area (Å²) in [6.45, 7) is 3.52. The molecule has 2 bridgehead atoms. The van der Waals surface area contributed by atoms with E-state index in [1.165, 1.54) is 70.0 Å². The van der Waals surface area contributed by atoms with Gasteiger partial charge in [0.15, 0.2) is 0 Å². The van der Waals surface area contributed by atoms with Gasteiger partial charge in [0.25, 0.3) is 0 Å². The van der Waals surface area contributed by atoms with Crippen LogP contribution in [-0.4, -0.2) is 18.7 Å². The van der Waals surface area contributed by atoms with Gasteiger partial charge in [-0.05, 0) is 74.5 Å². The molecule has 0 heterocycles. The highest BCUT2D eigenvalue weighted by Gasteiger charge is 2.44. The van der Waals surface area contributed by atoms with E-state index < -0.39 is 7.60 Å². The highest BCUT2D eigenvalue weighted by atomic mass is 31.2. The summed E-state index contributed by atoms with van der Waals surface area (Å²) in [6, 6.07) is 7.50. The molecule has 0 aliphatic heterocycles. The molecule has 0 spiro atoms. The maximum absolute atomic E-state index is 11.8. The normalized spacial score (nSPS) is 29.7. The second-order valence-electron chi connectivity index (χ2n) is 9.15. The number of hydrogen-bond acceptors (Lipinski definition) is 3. The Morgan fingerprint density at radius 1 is 1.17 bits per heavy atom. The Bertz CT molecular complexity index is 894. The molecule has 1 saturated carbocycles. The number of ether oxygens (including phenoxy) is 1. The van der Waals surface area contributed by atoms with Gasteiger partial charge in [-0.15, -0.1) is 0 Å². The summed E-state index contributed by atoms with van der Waals surface area (Å²) in [5.74, 6) is 3.07. The molecule has 4 nitrogen and oxygen atoms in total. The molecule has 1 aromatic carbocycles. The quantitative estimate of drug-likeness (QED) is 0.301. The summed E-state index contributed by atoms with van der Waals surface area (Å²) in [4.78, 5) is 9.64. The van der Waals surface area contributed by atoms with Crippen LogP contribution in [0.25, 0.3) is 5.76 Å². The highest BCUT2D eigenvalue weighted by Crippen LogP contribution is 2.56. The monoisotopic (exact) mass is 430 g/mol. The van der Waals surface area contributed by atoms with Crippen molar-refractivity contribution >= 4 is 13.4 Å². The fourth-order valence-electron chi connectivity index (χ4n) is 6.21. The van der Waals surface area contributed by atoms with Gasteiger partial charge in [-0.3, -0.25) is 0 Å². The van der Waals surface area contributed by atoms with E-state index in [0.29, 0.717) is 23.5 Å². The SMILES string of the molecule is CCCC1C2=C(CCCC2)C2CCCC1C2=C(OC)c1cccc(OP(C)(=O)O)c1. The summed E-state index contributed by atoms with van der Waals surface area (Å²) >= 11 is 0. The second kappa shape index (κ2) is 8.93. The van der Waals surface area contributed by atoms with Gasteiger partial charge in [-0.25, -0.2) is 4.57 Å². The van der Waals surface area contributed by atoms with Gasteiger partial charge in [0.2, 0.25) is 0 Å². The fraction of sp³-hybridized carbons (Fsp3) is 0.600. The Kier molecular flexibility index (Phi) is 6.46. The number of allylic oxidation sites excluding steroid dienone is 3. The Morgan fingerprint density at radius 3 is 2.63 bits per heavy atom. The van der Waals surface area contributed by atoms with Gasteiger partial charge in [-0.1, -0.05) is 43.0 Å². The number of fused-ring (bicyclic) bond motifs is 3. The molecule has 5 heteroatoms. The van der Waals surface area contributed by atoms with Gasteiger partial charge < -0.3 is 14.2 Å². The van der Waals surface area contributed by atoms with E-state index in [0.717, 1.165) is 11.3 Å². The Morgan fingerprint density at radius 2 is 1.93 bits per heavy atom. The molecule has 30 heavy (non-hydrogen) atoms. The molecule has 4 unspecified atom stereocenters. The average molecular weight is 431 g/mol.